The van der Waals surface area contributed by atoms with Gasteiger partial charge in [-0.3, -0.25) is 0 Å². The molecule has 0 aliphatic carbocycles. The average Bonchev–Trinajstić information content (AvgIpc) is 2.89. The summed E-state index contributed by atoms with van der Waals surface area (Å²) in [6.07, 6.45) is 10.4. The van der Waals surface area contributed by atoms with Crippen molar-refractivity contribution in [3.8, 4) is 0 Å². The molecular formula is C34H52BrOPSi. The quantitative estimate of drug-likeness (QED) is 0.0997. The van der Waals surface area contributed by atoms with Gasteiger partial charge in [-0.1, -0.05) is 0 Å². The molecule has 3 rings (SSSR count). The van der Waals surface area contributed by atoms with E-state index < -0.39 is 15.6 Å². The molecule has 1 nitrogen and oxygen atoms in total. The molecule has 0 fully saturated rings. The Morgan fingerprint density at radius 2 is 1.00 bits per heavy atom. The number of hydrogen-bond donors (Lipinski definition) is 0. The fourth-order valence-corrected chi connectivity index (χ4v) is 13.0. The zero-order chi connectivity index (χ0) is 26.8. The topological polar surface area (TPSA) is 9.23 Å². The SMILES string of the molecule is Br.CCCCCCCCCC(O[Si](C)(C)C(C)(C)C)[PH](c1ccccc1)(c1ccccc1)c1ccccc1. The Morgan fingerprint density at radius 3 is 1.37 bits per heavy atom. The maximum atomic E-state index is 7.58. The molecule has 3 aromatic carbocycles. The van der Waals surface area contributed by atoms with Gasteiger partial charge in [0.1, 0.15) is 0 Å². The number of hydrogen-bond acceptors (Lipinski definition) is 1. The summed E-state index contributed by atoms with van der Waals surface area (Å²) in [5, 5.41) is 4.53. The predicted molar refractivity (Wildman–Crippen MR) is 182 cm³/mol. The molecule has 1 atom stereocenters. The number of halogens is 1. The van der Waals surface area contributed by atoms with E-state index in [1.807, 2.05) is 0 Å². The Morgan fingerprint density at radius 1 is 0.632 bits per heavy atom. The Bertz CT molecular complexity index is 938. The van der Waals surface area contributed by atoms with E-state index in [9.17, 15) is 0 Å². The van der Waals surface area contributed by atoms with E-state index in [0.717, 1.165) is 6.42 Å². The van der Waals surface area contributed by atoms with Crippen LogP contribution in [-0.2, 0) is 4.43 Å². The molecule has 0 saturated heterocycles. The van der Waals surface area contributed by atoms with Crippen LogP contribution in [0.1, 0.15) is 79.1 Å². The van der Waals surface area contributed by atoms with Gasteiger partial charge in [0.25, 0.3) is 0 Å². The Labute approximate surface area is 246 Å². The van der Waals surface area contributed by atoms with Gasteiger partial charge in [0.15, 0.2) is 0 Å². The van der Waals surface area contributed by atoms with Crippen molar-refractivity contribution in [3.05, 3.63) is 91.0 Å². The molecule has 0 aromatic heterocycles. The second kappa shape index (κ2) is 15.5. The predicted octanol–water partition coefficient (Wildman–Crippen LogP) is 9.78. The van der Waals surface area contributed by atoms with Crippen LogP contribution < -0.4 is 15.9 Å². The summed E-state index contributed by atoms with van der Waals surface area (Å²) in [5.74, 6) is 0.191. The van der Waals surface area contributed by atoms with Gasteiger partial charge in [0.05, 0.1) is 0 Å². The molecule has 0 saturated carbocycles. The third-order valence-corrected chi connectivity index (χ3v) is 18.3. The zero-order valence-corrected chi connectivity index (χ0v) is 28.4. The molecule has 210 valence electrons. The van der Waals surface area contributed by atoms with Gasteiger partial charge in [0.2, 0.25) is 0 Å². The minimum atomic E-state index is -2.51. The van der Waals surface area contributed by atoms with Crippen molar-refractivity contribution in [1.82, 2.24) is 0 Å². The molecule has 3 aromatic rings. The third-order valence-electron chi connectivity index (χ3n) is 8.48. The van der Waals surface area contributed by atoms with E-state index in [1.165, 1.54) is 60.9 Å². The maximum absolute atomic E-state index is 7.58. The molecule has 0 N–H and O–H groups in total. The van der Waals surface area contributed by atoms with Gasteiger partial charge in [-0.05, 0) is 0 Å². The summed E-state index contributed by atoms with van der Waals surface area (Å²) in [5.41, 5.74) is 0. The Hall–Kier alpha value is -1.25. The molecule has 0 heterocycles. The van der Waals surface area contributed by atoms with Crippen LogP contribution in [0.3, 0.4) is 0 Å². The van der Waals surface area contributed by atoms with Crippen molar-refractivity contribution in [2.75, 3.05) is 0 Å². The normalized spacial score (nSPS) is 13.5. The third kappa shape index (κ3) is 8.13. The van der Waals surface area contributed by atoms with Crippen LogP contribution >= 0.6 is 24.2 Å². The average molecular weight is 616 g/mol. The van der Waals surface area contributed by atoms with E-state index in [1.54, 1.807) is 0 Å². The van der Waals surface area contributed by atoms with E-state index in [2.05, 4.69) is 132 Å². The number of rotatable bonds is 14. The van der Waals surface area contributed by atoms with Crippen molar-refractivity contribution in [2.24, 2.45) is 0 Å². The van der Waals surface area contributed by atoms with Crippen molar-refractivity contribution in [2.45, 2.75) is 103 Å². The van der Waals surface area contributed by atoms with Crippen molar-refractivity contribution >= 4 is 48.5 Å². The first-order chi connectivity index (χ1) is 17.7. The van der Waals surface area contributed by atoms with E-state index in [0.29, 0.717) is 0 Å². The second-order valence-electron chi connectivity index (χ2n) is 12.2. The number of benzene rings is 3. The number of unbranched alkanes of at least 4 members (excludes halogenated alkanes) is 6. The first-order valence-corrected chi connectivity index (χ1v) is 19.6. The van der Waals surface area contributed by atoms with Crippen LogP contribution in [0.25, 0.3) is 0 Å². The van der Waals surface area contributed by atoms with Crippen LogP contribution in [0.2, 0.25) is 18.1 Å². The summed E-state index contributed by atoms with van der Waals surface area (Å²) in [4.78, 5) is 0. The molecule has 0 radical (unpaired) electrons. The van der Waals surface area contributed by atoms with Crippen molar-refractivity contribution in [1.29, 1.82) is 0 Å². The fourth-order valence-electron chi connectivity index (χ4n) is 5.34. The summed E-state index contributed by atoms with van der Waals surface area (Å²) in [7, 11) is -4.54. The molecule has 0 aliphatic heterocycles. The van der Waals surface area contributed by atoms with E-state index >= 15 is 0 Å². The standard InChI is InChI=1S/C34H51OPSi.BrH/c1-7-8-9-10-11-12-22-29-33(35-37(5,6)34(2,3)4)36(30-23-16-13-17-24-30,31-25-18-14-19-26-31)32-27-20-15-21-28-32;/h13-21,23-28,33,36H,7-12,22,29H2,1-6H3;1H. The first kappa shape index (κ1) is 33.0. The van der Waals surface area contributed by atoms with Crippen LogP contribution in [0.5, 0.6) is 0 Å². The summed E-state index contributed by atoms with van der Waals surface area (Å²) in [6, 6.07) is 34.0. The van der Waals surface area contributed by atoms with Gasteiger partial charge in [-0.15, -0.1) is 17.0 Å². The zero-order valence-electron chi connectivity index (χ0n) is 24.7. The van der Waals surface area contributed by atoms with Gasteiger partial charge < -0.3 is 0 Å². The Balaban J connectivity index is 0.00000507. The molecule has 0 bridgehead atoms. The fraction of sp³-hybridized carbons (Fsp3) is 0.471. The van der Waals surface area contributed by atoms with Gasteiger partial charge in [-0.2, -0.15) is 0 Å². The van der Waals surface area contributed by atoms with Gasteiger partial charge >= 0.3 is 230 Å². The minimum absolute atomic E-state index is 0. The van der Waals surface area contributed by atoms with Crippen molar-refractivity contribution in [3.63, 3.8) is 0 Å². The Kier molecular flexibility index (Phi) is 13.5. The molecule has 0 aliphatic rings. The van der Waals surface area contributed by atoms with Crippen LogP contribution in [0.15, 0.2) is 91.0 Å². The molecule has 4 heteroatoms. The second-order valence-corrected chi connectivity index (χ2v) is 20.9. The van der Waals surface area contributed by atoms with Crippen LogP contribution in [0, 0.1) is 0 Å². The van der Waals surface area contributed by atoms with Gasteiger partial charge in [-0.25, -0.2) is 0 Å². The molecule has 0 spiro atoms. The van der Waals surface area contributed by atoms with Crippen LogP contribution in [-0.4, -0.2) is 14.2 Å². The molecule has 0 amide bonds. The molecule has 38 heavy (non-hydrogen) atoms. The summed E-state index contributed by atoms with van der Waals surface area (Å²) in [6.45, 7) is 14.3. The molecule has 1 unspecified atom stereocenters. The van der Waals surface area contributed by atoms with Gasteiger partial charge in [0, 0.05) is 0 Å². The first-order valence-electron chi connectivity index (χ1n) is 14.6. The summed E-state index contributed by atoms with van der Waals surface area (Å²) < 4.78 is 7.58. The van der Waals surface area contributed by atoms with E-state index in [4.69, 9.17) is 4.43 Å². The van der Waals surface area contributed by atoms with E-state index in [-0.39, 0.29) is 27.9 Å². The van der Waals surface area contributed by atoms with Crippen molar-refractivity contribution < 1.29 is 4.43 Å². The van der Waals surface area contributed by atoms with Crippen LogP contribution in [0.4, 0.5) is 0 Å². The summed E-state index contributed by atoms with van der Waals surface area (Å²) >= 11 is 0. The monoisotopic (exact) mass is 614 g/mol. The molecular weight excluding hydrogens is 563 g/mol.